The highest BCUT2D eigenvalue weighted by molar-refractivity contribution is 7.80. The largest absolute Gasteiger partial charge is 0.507 e. The fourth-order valence-corrected chi connectivity index (χ4v) is 8.57. The van der Waals surface area contributed by atoms with E-state index in [0.717, 1.165) is 111 Å². The molecular formula is C35H42N4O3S3. The molecule has 0 aliphatic carbocycles. The third kappa shape index (κ3) is 8.51. The molecule has 0 atom stereocenters. The van der Waals surface area contributed by atoms with Crippen LogP contribution in [0.1, 0.15) is 22.3 Å². The molecule has 0 unspecified atom stereocenters. The second-order valence-electron chi connectivity index (χ2n) is 11.9. The summed E-state index contributed by atoms with van der Waals surface area (Å²) in [4.78, 5) is 11.1. The highest BCUT2D eigenvalue weighted by Crippen LogP contribution is 2.36. The van der Waals surface area contributed by atoms with Crippen LogP contribution in [0.3, 0.4) is 0 Å². The van der Waals surface area contributed by atoms with E-state index >= 15 is 0 Å². The SMILES string of the molecule is COc1ccc(CN2CCN(Cc3cc(-c4cc(=S)ss4)cc(CN4CCN(Cc5ccc(OC)cc5)CC4)c3O)CC2)cc1. The summed E-state index contributed by atoms with van der Waals surface area (Å²) < 4.78 is 11.5. The van der Waals surface area contributed by atoms with Crippen LogP contribution in [-0.2, 0) is 26.2 Å². The Kier molecular flexibility index (Phi) is 10.8. The molecule has 0 bridgehead atoms. The Labute approximate surface area is 279 Å². The van der Waals surface area contributed by atoms with Crippen molar-refractivity contribution in [1.29, 1.82) is 0 Å². The molecule has 0 spiro atoms. The molecule has 6 rings (SSSR count). The first-order valence-corrected chi connectivity index (χ1v) is 18.1. The summed E-state index contributed by atoms with van der Waals surface area (Å²) in [5.41, 5.74) is 5.78. The zero-order chi connectivity index (χ0) is 31.2. The Morgan fingerprint density at radius 3 is 1.36 bits per heavy atom. The van der Waals surface area contributed by atoms with E-state index in [0.29, 0.717) is 5.75 Å². The molecule has 10 heteroatoms. The molecule has 0 radical (unpaired) electrons. The minimum Gasteiger partial charge on any atom is -0.507 e. The van der Waals surface area contributed by atoms with Crippen molar-refractivity contribution in [2.24, 2.45) is 0 Å². The number of benzene rings is 3. The minimum atomic E-state index is 0.443. The van der Waals surface area contributed by atoms with Crippen LogP contribution in [0.15, 0.2) is 66.7 Å². The Morgan fingerprint density at radius 2 is 1.00 bits per heavy atom. The molecule has 4 aromatic rings. The fourth-order valence-electron chi connectivity index (χ4n) is 6.19. The summed E-state index contributed by atoms with van der Waals surface area (Å²) in [6.45, 7) is 11.3. The predicted octanol–water partition coefficient (Wildman–Crippen LogP) is 6.56. The zero-order valence-corrected chi connectivity index (χ0v) is 28.6. The van der Waals surface area contributed by atoms with E-state index in [1.807, 2.05) is 24.3 Å². The first-order valence-electron chi connectivity index (χ1n) is 15.6. The minimum absolute atomic E-state index is 0.443. The van der Waals surface area contributed by atoms with Crippen molar-refractivity contribution in [2.75, 3.05) is 66.6 Å². The van der Waals surface area contributed by atoms with Gasteiger partial charge in [-0.2, -0.15) is 0 Å². The van der Waals surface area contributed by atoms with Crippen LogP contribution in [0, 0.1) is 3.82 Å². The molecule has 0 amide bonds. The average Bonchev–Trinajstić information content (AvgIpc) is 3.51. The van der Waals surface area contributed by atoms with Gasteiger partial charge in [0, 0.05) is 94.5 Å². The lowest BCUT2D eigenvalue weighted by atomic mass is 10.0. The van der Waals surface area contributed by atoms with Crippen LogP contribution in [0.25, 0.3) is 10.4 Å². The van der Waals surface area contributed by atoms with E-state index in [1.54, 1.807) is 34.9 Å². The lowest BCUT2D eigenvalue weighted by molar-refractivity contribution is 0.119. The third-order valence-electron chi connectivity index (χ3n) is 8.86. The van der Waals surface area contributed by atoms with Crippen LogP contribution in [0.5, 0.6) is 17.2 Å². The number of rotatable bonds is 11. The van der Waals surface area contributed by atoms with Gasteiger partial charge in [-0.15, -0.1) is 0 Å². The summed E-state index contributed by atoms with van der Waals surface area (Å²) in [5.74, 6) is 2.23. The zero-order valence-electron chi connectivity index (χ0n) is 26.1. The number of phenolic OH excluding ortho intramolecular Hbond substituents is 1. The van der Waals surface area contributed by atoms with Crippen molar-refractivity contribution in [3.63, 3.8) is 0 Å². The van der Waals surface area contributed by atoms with Gasteiger partial charge in [-0.1, -0.05) is 57.2 Å². The summed E-state index contributed by atoms with van der Waals surface area (Å²) in [5, 5.41) is 11.6. The van der Waals surface area contributed by atoms with Crippen LogP contribution in [-0.4, -0.2) is 91.3 Å². The maximum Gasteiger partial charge on any atom is 0.124 e. The molecule has 2 saturated heterocycles. The highest BCUT2D eigenvalue weighted by Gasteiger charge is 2.23. The van der Waals surface area contributed by atoms with Crippen LogP contribution in [0.2, 0.25) is 0 Å². The molecule has 3 heterocycles. The van der Waals surface area contributed by atoms with E-state index in [2.05, 4.69) is 62.1 Å². The summed E-state index contributed by atoms with van der Waals surface area (Å²) in [6.07, 6.45) is 0. The lowest BCUT2D eigenvalue weighted by Gasteiger charge is -2.36. The van der Waals surface area contributed by atoms with Gasteiger partial charge in [-0.3, -0.25) is 19.6 Å². The van der Waals surface area contributed by atoms with E-state index in [-0.39, 0.29) is 0 Å². The Bertz CT molecular complexity index is 1500. The van der Waals surface area contributed by atoms with E-state index in [4.69, 9.17) is 21.7 Å². The molecule has 2 fully saturated rings. The van der Waals surface area contributed by atoms with Crippen molar-refractivity contribution in [3.05, 3.63) is 92.8 Å². The maximum atomic E-state index is 11.6. The highest BCUT2D eigenvalue weighted by atomic mass is 32.9. The van der Waals surface area contributed by atoms with Crippen molar-refractivity contribution in [2.45, 2.75) is 26.2 Å². The van der Waals surface area contributed by atoms with Gasteiger partial charge in [0.2, 0.25) is 0 Å². The van der Waals surface area contributed by atoms with Crippen molar-refractivity contribution in [3.8, 4) is 27.7 Å². The molecule has 2 aliphatic rings. The Morgan fingerprint density at radius 1 is 0.600 bits per heavy atom. The van der Waals surface area contributed by atoms with Crippen molar-refractivity contribution < 1.29 is 14.6 Å². The third-order valence-corrected chi connectivity index (χ3v) is 11.8. The second kappa shape index (κ2) is 15.2. The summed E-state index contributed by atoms with van der Waals surface area (Å²) in [7, 11) is 6.77. The summed E-state index contributed by atoms with van der Waals surface area (Å²) in [6, 6.07) is 23.2. The normalized spacial score (nSPS) is 17.0. The Hall–Kier alpha value is -2.83. The van der Waals surface area contributed by atoms with Gasteiger partial charge in [0.05, 0.1) is 14.2 Å². The topological polar surface area (TPSA) is 51.7 Å². The maximum absolute atomic E-state index is 11.6. The van der Waals surface area contributed by atoms with Crippen molar-refractivity contribution in [1.82, 2.24) is 19.6 Å². The summed E-state index contributed by atoms with van der Waals surface area (Å²) >= 11 is 5.47. The number of phenols is 1. The molecule has 7 nitrogen and oxygen atoms in total. The first kappa shape index (κ1) is 32.1. The Balaban J connectivity index is 1.09. The number of aromatic hydroxyl groups is 1. The predicted molar refractivity (Wildman–Crippen MR) is 187 cm³/mol. The van der Waals surface area contributed by atoms with Gasteiger partial charge in [-0.05, 0) is 59.2 Å². The van der Waals surface area contributed by atoms with Crippen LogP contribution in [0.4, 0.5) is 0 Å². The molecule has 1 N–H and O–H groups in total. The molecule has 2 aliphatic heterocycles. The van der Waals surface area contributed by atoms with Crippen molar-refractivity contribution >= 4 is 32.9 Å². The van der Waals surface area contributed by atoms with Crippen LogP contribution >= 0.6 is 32.9 Å². The number of hydrogen-bond acceptors (Lipinski definition) is 10. The lowest BCUT2D eigenvalue weighted by Crippen LogP contribution is -2.45. The van der Waals surface area contributed by atoms with Gasteiger partial charge in [0.25, 0.3) is 0 Å². The molecule has 1 aromatic heterocycles. The van der Waals surface area contributed by atoms with Gasteiger partial charge in [0.1, 0.15) is 21.1 Å². The van der Waals surface area contributed by atoms with Gasteiger partial charge >= 0.3 is 0 Å². The van der Waals surface area contributed by atoms with Gasteiger partial charge < -0.3 is 14.6 Å². The molecule has 3 aromatic carbocycles. The number of piperazine rings is 2. The van der Waals surface area contributed by atoms with Gasteiger partial charge in [-0.25, -0.2) is 0 Å². The van der Waals surface area contributed by atoms with E-state index in [9.17, 15) is 5.11 Å². The van der Waals surface area contributed by atoms with E-state index < -0.39 is 0 Å². The number of ether oxygens (including phenoxy) is 2. The molecule has 0 saturated carbocycles. The average molecular weight is 663 g/mol. The quantitative estimate of drug-likeness (QED) is 0.143. The first-order chi connectivity index (χ1) is 21.9. The number of hydrogen-bond donors (Lipinski definition) is 1. The van der Waals surface area contributed by atoms with Gasteiger partial charge in [0.15, 0.2) is 0 Å². The molecule has 45 heavy (non-hydrogen) atoms. The van der Waals surface area contributed by atoms with E-state index in [1.165, 1.54) is 16.0 Å². The molecular weight excluding hydrogens is 621 g/mol. The standard InChI is InChI=1S/C35H42N4O3S3/c1-41-31-7-3-26(4-8-31)22-36-11-15-38(16-12-36)24-29-19-28(33-21-34(43)45-44-33)20-30(35(29)40)25-39-17-13-37(14-18-39)23-27-5-9-32(42-2)10-6-27/h3-10,19-21,40H,11-18,22-25H2,1-2H3. The monoisotopic (exact) mass is 662 g/mol. The smallest absolute Gasteiger partial charge is 0.124 e. The molecule has 238 valence electrons. The second-order valence-corrected chi connectivity index (χ2v) is 14.8. The van der Waals surface area contributed by atoms with Crippen LogP contribution < -0.4 is 9.47 Å². The fraction of sp³-hybridized carbons (Fsp3) is 0.400. The number of nitrogens with zero attached hydrogens (tertiary/aromatic N) is 4. The number of methoxy groups -OCH3 is 2.